The van der Waals surface area contributed by atoms with Crippen molar-refractivity contribution in [2.24, 2.45) is 0 Å². The van der Waals surface area contributed by atoms with Gasteiger partial charge in [0.25, 0.3) is 0 Å². The van der Waals surface area contributed by atoms with Crippen molar-refractivity contribution in [3.8, 4) is 0 Å². The summed E-state index contributed by atoms with van der Waals surface area (Å²) in [5.41, 5.74) is 0.707. The van der Waals surface area contributed by atoms with Crippen LogP contribution in [-0.4, -0.2) is 21.2 Å². The number of rotatable bonds is 5. The third-order valence-electron chi connectivity index (χ3n) is 2.24. The maximum atomic E-state index is 11.7. The molecule has 0 aliphatic rings. The first kappa shape index (κ1) is 13.5. The molecule has 0 spiro atoms. The molecule has 0 heterocycles. The van der Waals surface area contributed by atoms with Crippen LogP contribution in [0.25, 0.3) is 0 Å². The Labute approximate surface area is 106 Å². The van der Waals surface area contributed by atoms with Crippen molar-refractivity contribution < 1.29 is 8.42 Å². The topological polar surface area (TPSA) is 37.4 Å². The lowest BCUT2D eigenvalue weighted by molar-refractivity contribution is 0.594. The highest BCUT2D eigenvalue weighted by atomic mass is 79.9. The van der Waals surface area contributed by atoms with Gasteiger partial charge < -0.3 is 0 Å². The van der Waals surface area contributed by atoms with Gasteiger partial charge in [0.15, 0.2) is 0 Å². The van der Waals surface area contributed by atoms with Gasteiger partial charge in [-0.3, -0.25) is 4.31 Å². The molecule has 0 atom stereocenters. The first-order chi connectivity index (χ1) is 7.46. The normalized spacial score (nSPS) is 11.4. The van der Waals surface area contributed by atoms with E-state index in [9.17, 15) is 8.42 Å². The molecule has 1 rings (SSSR count). The molecule has 90 valence electrons. The Kier molecular flexibility index (Phi) is 4.80. The van der Waals surface area contributed by atoms with Crippen LogP contribution in [0, 0.1) is 0 Å². The number of hydrogen-bond acceptors (Lipinski definition) is 2. The highest BCUT2D eigenvalue weighted by molar-refractivity contribution is 9.10. The fraction of sp³-hybridized carbons (Fsp3) is 0.455. The summed E-state index contributed by atoms with van der Waals surface area (Å²) in [5, 5.41) is 0. The molecule has 0 amide bonds. The van der Waals surface area contributed by atoms with Crippen molar-refractivity contribution in [1.29, 1.82) is 0 Å². The molecule has 0 unspecified atom stereocenters. The van der Waals surface area contributed by atoms with E-state index in [1.807, 2.05) is 25.1 Å². The van der Waals surface area contributed by atoms with Crippen LogP contribution in [0.5, 0.6) is 0 Å². The van der Waals surface area contributed by atoms with E-state index >= 15 is 0 Å². The number of halogens is 1. The molecule has 0 N–H and O–H groups in total. The van der Waals surface area contributed by atoms with E-state index in [4.69, 9.17) is 0 Å². The summed E-state index contributed by atoms with van der Waals surface area (Å²) in [4.78, 5) is 0. The van der Waals surface area contributed by atoms with Gasteiger partial charge in [0, 0.05) is 11.0 Å². The van der Waals surface area contributed by atoms with Gasteiger partial charge in [-0.1, -0.05) is 25.5 Å². The van der Waals surface area contributed by atoms with Gasteiger partial charge in [-0.25, -0.2) is 8.42 Å². The molecule has 1 aromatic carbocycles. The van der Waals surface area contributed by atoms with E-state index in [1.165, 1.54) is 10.6 Å². The van der Waals surface area contributed by atoms with Crippen LogP contribution in [0.1, 0.15) is 19.8 Å². The summed E-state index contributed by atoms with van der Waals surface area (Å²) in [6.45, 7) is 2.57. The fourth-order valence-electron chi connectivity index (χ4n) is 1.42. The standard InChI is InChI=1S/C11H16BrNO2S/c1-3-4-9-13(16(2,14)15)11-8-6-5-7-10(11)12/h5-8H,3-4,9H2,1-2H3. The number of nitrogens with zero attached hydrogens (tertiary/aromatic N) is 1. The lowest BCUT2D eigenvalue weighted by Crippen LogP contribution is -2.31. The molecule has 0 aromatic heterocycles. The van der Waals surface area contributed by atoms with E-state index < -0.39 is 10.0 Å². The summed E-state index contributed by atoms with van der Waals surface area (Å²) in [6.07, 6.45) is 3.06. The molecule has 0 saturated carbocycles. The quantitative estimate of drug-likeness (QED) is 0.838. The van der Waals surface area contributed by atoms with E-state index in [0.29, 0.717) is 12.2 Å². The van der Waals surface area contributed by atoms with Crippen molar-refractivity contribution in [2.45, 2.75) is 19.8 Å². The zero-order valence-electron chi connectivity index (χ0n) is 9.48. The smallest absolute Gasteiger partial charge is 0.232 e. The molecular formula is C11H16BrNO2S. The van der Waals surface area contributed by atoms with Gasteiger partial charge in [0.1, 0.15) is 0 Å². The van der Waals surface area contributed by atoms with Crippen LogP contribution in [0.3, 0.4) is 0 Å². The van der Waals surface area contributed by atoms with Crippen LogP contribution in [0.2, 0.25) is 0 Å². The van der Waals surface area contributed by atoms with Gasteiger partial charge in [0.05, 0.1) is 11.9 Å². The Morgan fingerprint density at radius 1 is 1.31 bits per heavy atom. The van der Waals surface area contributed by atoms with Gasteiger partial charge in [-0.15, -0.1) is 0 Å². The highest BCUT2D eigenvalue weighted by Crippen LogP contribution is 2.27. The molecule has 3 nitrogen and oxygen atoms in total. The average Bonchev–Trinajstić information content (AvgIpc) is 2.19. The Hall–Kier alpha value is -0.550. The predicted molar refractivity (Wildman–Crippen MR) is 71.2 cm³/mol. The zero-order valence-corrected chi connectivity index (χ0v) is 11.9. The van der Waals surface area contributed by atoms with Crippen molar-refractivity contribution >= 4 is 31.6 Å². The van der Waals surface area contributed by atoms with E-state index in [-0.39, 0.29) is 0 Å². The second-order valence-corrected chi connectivity index (χ2v) is 6.40. The number of sulfonamides is 1. The van der Waals surface area contributed by atoms with Crippen molar-refractivity contribution in [1.82, 2.24) is 0 Å². The number of para-hydroxylation sites is 1. The SMILES string of the molecule is CCCCN(c1ccccc1Br)S(C)(=O)=O. The largest absolute Gasteiger partial charge is 0.269 e. The van der Waals surface area contributed by atoms with Gasteiger partial charge in [-0.2, -0.15) is 0 Å². The molecule has 5 heteroatoms. The van der Waals surface area contributed by atoms with Crippen LogP contribution in [0.4, 0.5) is 5.69 Å². The second-order valence-electron chi connectivity index (χ2n) is 3.64. The number of hydrogen-bond donors (Lipinski definition) is 0. The van der Waals surface area contributed by atoms with E-state index in [1.54, 1.807) is 6.07 Å². The van der Waals surface area contributed by atoms with Crippen LogP contribution in [0.15, 0.2) is 28.7 Å². The summed E-state index contributed by atoms with van der Waals surface area (Å²) in [7, 11) is -3.21. The summed E-state index contributed by atoms with van der Waals surface area (Å²) < 4.78 is 25.6. The molecule has 0 saturated heterocycles. The third kappa shape index (κ3) is 3.49. The average molecular weight is 306 g/mol. The minimum Gasteiger partial charge on any atom is -0.269 e. The summed E-state index contributed by atoms with van der Waals surface area (Å²) >= 11 is 3.38. The first-order valence-corrected chi connectivity index (χ1v) is 7.83. The maximum Gasteiger partial charge on any atom is 0.232 e. The minimum absolute atomic E-state index is 0.526. The van der Waals surface area contributed by atoms with Crippen LogP contribution < -0.4 is 4.31 Å². The second kappa shape index (κ2) is 5.68. The molecule has 16 heavy (non-hydrogen) atoms. The van der Waals surface area contributed by atoms with Crippen molar-refractivity contribution in [3.05, 3.63) is 28.7 Å². The monoisotopic (exact) mass is 305 g/mol. The van der Waals surface area contributed by atoms with Crippen LogP contribution >= 0.6 is 15.9 Å². The lowest BCUT2D eigenvalue weighted by Gasteiger charge is -2.23. The lowest BCUT2D eigenvalue weighted by atomic mass is 10.3. The Balaban J connectivity index is 3.07. The van der Waals surface area contributed by atoms with Gasteiger partial charge in [-0.05, 0) is 34.5 Å². The van der Waals surface area contributed by atoms with Crippen LogP contribution in [-0.2, 0) is 10.0 Å². The molecule has 0 aliphatic carbocycles. The summed E-state index contributed by atoms with van der Waals surface area (Å²) in [5.74, 6) is 0. The number of unbranched alkanes of at least 4 members (excludes halogenated alkanes) is 1. The van der Waals surface area contributed by atoms with Crippen molar-refractivity contribution in [3.63, 3.8) is 0 Å². The Bertz CT molecular complexity index is 445. The van der Waals surface area contributed by atoms with Gasteiger partial charge in [0.2, 0.25) is 10.0 Å². The van der Waals surface area contributed by atoms with Gasteiger partial charge >= 0.3 is 0 Å². The maximum absolute atomic E-state index is 11.7. The first-order valence-electron chi connectivity index (χ1n) is 5.19. The van der Waals surface area contributed by atoms with E-state index in [2.05, 4.69) is 15.9 Å². The molecule has 0 bridgehead atoms. The minimum atomic E-state index is -3.21. The molecule has 1 aromatic rings. The Morgan fingerprint density at radius 2 is 1.94 bits per heavy atom. The molecule has 0 fully saturated rings. The van der Waals surface area contributed by atoms with Crippen molar-refractivity contribution in [2.75, 3.05) is 17.1 Å². The molecular weight excluding hydrogens is 290 g/mol. The predicted octanol–water partition coefficient (Wildman–Crippen LogP) is 3.02. The number of anilines is 1. The third-order valence-corrected chi connectivity index (χ3v) is 4.09. The number of benzene rings is 1. The molecule has 0 aliphatic heterocycles. The van der Waals surface area contributed by atoms with E-state index in [0.717, 1.165) is 17.3 Å². The molecule has 0 radical (unpaired) electrons. The Morgan fingerprint density at radius 3 is 2.44 bits per heavy atom. The highest BCUT2D eigenvalue weighted by Gasteiger charge is 2.18. The fourth-order valence-corrected chi connectivity index (χ4v) is 3.01. The summed E-state index contributed by atoms with van der Waals surface area (Å²) in [6, 6.07) is 7.36. The zero-order chi connectivity index (χ0) is 12.2.